The van der Waals surface area contributed by atoms with Crippen molar-refractivity contribution in [2.24, 2.45) is 5.92 Å². The van der Waals surface area contributed by atoms with E-state index < -0.39 is 23.4 Å². The second kappa shape index (κ2) is 12.3. The van der Waals surface area contributed by atoms with E-state index >= 15 is 4.39 Å². The van der Waals surface area contributed by atoms with Gasteiger partial charge in [0.05, 0.1) is 12.2 Å². The maximum absolute atomic E-state index is 15.0. The van der Waals surface area contributed by atoms with Crippen LogP contribution >= 0.6 is 0 Å². The fraction of sp³-hybridized carbons (Fsp3) is 0.387. The van der Waals surface area contributed by atoms with Crippen molar-refractivity contribution in [3.8, 4) is 22.6 Å². The number of carbonyl (C=O) groups excluding carboxylic acids is 1. The van der Waals surface area contributed by atoms with Gasteiger partial charge in [0.1, 0.15) is 5.75 Å². The molecule has 3 nitrogen and oxygen atoms in total. The lowest BCUT2D eigenvalue weighted by molar-refractivity contribution is 0.0734. The van der Waals surface area contributed by atoms with Crippen LogP contribution in [0, 0.1) is 23.4 Å². The van der Waals surface area contributed by atoms with Gasteiger partial charge in [0.15, 0.2) is 23.2 Å². The predicted octanol–water partition coefficient (Wildman–Crippen LogP) is 8.85. The average Bonchev–Trinajstić information content (AvgIpc) is 2.90. The molecule has 196 valence electrons. The lowest BCUT2D eigenvalue weighted by Gasteiger charge is -2.27. The van der Waals surface area contributed by atoms with Gasteiger partial charge in [-0.3, -0.25) is 0 Å². The van der Waals surface area contributed by atoms with Crippen molar-refractivity contribution in [1.82, 2.24) is 0 Å². The van der Waals surface area contributed by atoms with Crippen LogP contribution < -0.4 is 9.47 Å². The van der Waals surface area contributed by atoms with Gasteiger partial charge in [-0.05, 0) is 66.5 Å². The van der Waals surface area contributed by atoms with Crippen LogP contribution in [0.15, 0.2) is 54.6 Å². The second-order valence-corrected chi connectivity index (χ2v) is 9.90. The smallest absolute Gasteiger partial charge is 0.343 e. The number of carbonyl (C=O) groups is 1. The monoisotopic (exact) mass is 510 g/mol. The summed E-state index contributed by atoms with van der Waals surface area (Å²) in [5, 5.41) is 0. The molecule has 0 bridgehead atoms. The highest BCUT2D eigenvalue weighted by molar-refractivity contribution is 5.91. The molecule has 1 saturated carbocycles. The first-order valence-corrected chi connectivity index (χ1v) is 13.1. The maximum Gasteiger partial charge on any atom is 0.343 e. The highest BCUT2D eigenvalue weighted by Gasteiger charge is 2.25. The van der Waals surface area contributed by atoms with Gasteiger partial charge in [0.2, 0.25) is 0 Å². The van der Waals surface area contributed by atoms with Crippen molar-refractivity contribution in [2.45, 2.75) is 64.7 Å². The molecule has 6 heteroatoms. The van der Waals surface area contributed by atoms with Gasteiger partial charge in [0, 0.05) is 11.6 Å². The third kappa shape index (κ3) is 6.54. The van der Waals surface area contributed by atoms with Gasteiger partial charge in [-0.2, -0.15) is 0 Å². The van der Waals surface area contributed by atoms with Crippen LogP contribution in [0.2, 0.25) is 0 Å². The van der Waals surface area contributed by atoms with Crippen LogP contribution in [0.1, 0.15) is 80.6 Å². The highest BCUT2D eigenvalue weighted by Crippen LogP contribution is 2.38. The normalized spacial score (nSPS) is 17.4. The van der Waals surface area contributed by atoms with Crippen LogP contribution in [0.5, 0.6) is 11.5 Å². The minimum atomic E-state index is -0.876. The van der Waals surface area contributed by atoms with E-state index in [-0.39, 0.29) is 28.5 Å². The Morgan fingerprint density at radius 2 is 1.62 bits per heavy atom. The first kappa shape index (κ1) is 26.8. The van der Waals surface area contributed by atoms with Gasteiger partial charge in [-0.25, -0.2) is 18.0 Å². The van der Waals surface area contributed by atoms with E-state index in [0.717, 1.165) is 51.0 Å². The number of hydrogen-bond acceptors (Lipinski definition) is 3. The molecular weight excluding hydrogens is 477 g/mol. The minimum absolute atomic E-state index is 0.0448. The predicted molar refractivity (Wildman–Crippen MR) is 139 cm³/mol. The zero-order valence-corrected chi connectivity index (χ0v) is 21.4. The molecule has 0 aromatic heterocycles. The van der Waals surface area contributed by atoms with Gasteiger partial charge in [-0.1, -0.05) is 63.8 Å². The van der Waals surface area contributed by atoms with Crippen molar-refractivity contribution >= 4 is 5.97 Å². The number of hydrogen-bond donors (Lipinski definition) is 0. The van der Waals surface area contributed by atoms with Crippen molar-refractivity contribution in [1.29, 1.82) is 0 Å². The fourth-order valence-corrected chi connectivity index (χ4v) is 4.82. The zero-order chi connectivity index (χ0) is 26.4. The lowest BCUT2D eigenvalue weighted by Crippen LogP contribution is -2.13. The third-order valence-corrected chi connectivity index (χ3v) is 7.12. The zero-order valence-electron chi connectivity index (χ0n) is 21.4. The molecule has 3 aromatic carbocycles. The number of esters is 1. The van der Waals surface area contributed by atoms with Crippen LogP contribution in [-0.4, -0.2) is 12.6 Å². The van der Waals surface area contributed by atoms with E-state index in [1.165, 1.54) is 24.3 Å². The van der Waals surface area contributed by atoms with Gasteiger partial charge in [-0.15, -0.1) is 0 Å². The number of rotatable bonds is 9. The summed E-state index contributed by atoms with van der Waals surface area (Å²) in [6.07, 6.45) is 6.66. The van der Waals surface area contributed by atoms with Crippen LogP contribution in [0.25, 0.3) is 11.1 Å². The van der Waals surface area contributed by atoms with Crippen molar-refractivity contribution < 1.29 is 27.4 Å². The van der Waals surface area contributed by atoms with Crippen LogP contribution in [0.3, 0.4) is 0 Å². The van der Waals surface area contributed by atoms with Gasteiger partial charge in [0.25, 0.3) is 0 Å². The molecule has 0 heterocycles. The molecule has 37 heavy (non-hydrogen) atoms. The highest BCUT2D eigenvalue weighted by atomic mass is 19.2. The second-order valence-electron chi connectivity index (χ2n) is 9.90. The van der Waals surface area contributed by atoms with Gasteiger partial charge < -0.3 is 9.47 Å². The SMILES string of the molecule is CCCCCOc1ccc(OC(=O)c2ccc(-c3ccc(C4CCC(C)CC4)c(F)c3F)cc2)cc1F. The quantitative estimate of drug-likeness (QED) is 0.164. The summed E-state index contributed by atoms with van der Waals surface area (Å²) in [5.74, 6) is -2.13. The number of unbranched alkanes of at least 4 members (excludes halogenated alkanes) is 2. The summed E-state index contributed by atoms with van der Waals surface area (Å²) in [4.78, 5) is 12.6. The Kier molecular flexibility index (Phi) is 8.91. The van der Waals surface area contributed by atoms with Crippen molar-refractivity contribution in [2.75, 3.05) is 6.61 Å². The summed E-state index contributed by atoms with van der Waals surface area (Å²) in [5.41, 5.74) is 1.24. The molecular formula is C31H33F3O3. The Bertz CT molecular complexity index is 1220. The molecule has 4 rings (SSSR count). The van der Waals surface area contributed by atoms with Gasteiger partial charge >= 0.3 is 5.97 Å². The molecule has 1 aliphatic carbocycles. The van der Waals surface area contributed by atoms with E-state index in [9.17, 15) is 13.6 Å². The van der Waals surface area contributed by atoms with Crippen molar-refractivity contribution in [3.63, 3.8) is 0 Å². The van der Waals surface area contributed by atoms with Crippen LogP contribution in [0.4, 0.5) is 13.2 Å². The van der Waals surface area contributed by atoms with E-state index in [1.807, 2.05) is 0 Å². The summed E-state index contributed by atoms with van der Waals surface area (Å²) in [6.45, 7) is 4.68. The first-order valence-electron chi connectivity index (χ1n) is 13.1. The van der Waals surface area contributed by atoms with E-state index in [2.05, 4.69) is 13.8 Å². The molecule has 0 unspecified atom stereocenters. The fourth-order valence-electron chi connectivity index (χ4n) is 4.82. The summed E-state index contributed by atoms with van der Waals surface area (Å²) in [6, 6.07) is 13.3. The third-order valence-electron chi connectivity index (χ3n) is 7.12. The summed E-state index contributed by atoms with van der Waals surface area (Å²) in [7, 11) is 0. The van der Waals surface area contributed by atoms with E-state index in [1.54, 1.807) is 24.3 Å². The molecule has 1 aliphatic rings. The Morgan fingerprint density at radius 3 is 2.30 bits per heavy atom. The Labute approximate surface area is 216 Å². The molecule has 0 atom stereocenters. The minimum Gasteiger partial charge on any atom is -0.491 e. The molecule has 0 spiro atoms. The summed E-state index contributed by atoms with van der Waals surface area (Å²) >= 11 is 0. The average molecular weight is 511 g/mol. The topological polar surface area (TPSA) is 35.5 Å². The molecule has 1 fully saturated rings. The Morgan fingerprint density at radius 1 is 0.892 bits per heavy atom. The lowest BCUT2D eigenvalue weighted by atomic mass is 9.79. The molecule has 0 radical (unpaired) electrons. The standard InChI is InChI=1S/C31H33F3O3/c1-3-4-5-18-36-28-17-14-24(19-27(28)32)37-31(35)23-12-10-22(11-13-23)26-16-15-25(29(33)30(26)34)21-8-6-20(2)7-9-21/h10-17,19-21H,3-9,18H2,1-2H3. The largest absolute Gasteiger partial charge is 0.491 e. The number of ether oxygens (including phenoxy) is 2. The molecule has 0 amide bonds. The van der Waals surface area contributed by atoms with E-state index in [4.69, 9.17) is 9.47 Å². The molecule has 0 saturated heterocycles. The molecule has 3 aromatic rings. The number of halogens is 3. The molecule has 0 aliphatic heterocycles. The maximum atomic E-state index is 15.0. The van der Waals surface area contributed by atoms with E-state index in [0.29, 0.717) is 23.7 Å². The Hall–Kier alpha value is -3.28. The number of benzene rings is 3. The molecule has 0 N–H and O–H groups in total. The first-order chi connectivity index (χ1) is 17.9. The van der Waals surface area contributed by atoms with Crippen LogP contribution in [-0.2, 0) is 0 Å². The Balaban J connectivity index is 1.41. The van der Waals surface area contributed by atoms with Crippen molar-refractivity contribution in [3.05, 3.63) is 83.2 Å². The summed E-state index contributed by atoms with van der Waals surface area (Å²) < 4.78 is 55.0.